The molecular weight excluding hydrogens is 681 g/mol. The lowest BCUT2D eigenvalue weighted by Crippen LogP contribution is -1.92. The molecule has 11 aromatic rings. The van der Waals surface area contributed by atoms with E-state index in [9.17, 15) is 5.48 Å². The predicted molar refractivity (Wildman–Crippen MR) is 239 cm³/mol. The van der Waals surface area contributed by atoms with Gasteiger partial charge in [-0.15, -0.1) is 11.3 Å². The van der Waals surface area contributed by atoms with Crippen LogP contribution in [0.4, 0.5) is 0 Å². The first-order valence-electron chi connectivity index (χ1n) is 22.3. The summed E-state index contributed by atoms with van der Waals surface area (Å²) >= 11 is 1.54. The molecule has 0 N–H and O–H groups in total. The van der Waals surface area contributed by atoms with Gasteiger partial charge >= 0.3 is 0 Å². The van der Waals surface area contributed by atoms with E-state index < -0.39 is 24.2 Å². The normalized spacial score (nSPS) is 13.7. The molecule has 1 aromatic heterocycles. The van der Waals surface area contributed by atoms with E-state index >= 15 is 0 Å². The summed E-state index contributed by atoms with van der Waals surface area (Å²) in [5.74, 6) is 0. The molecule has 1 heterocycles. The van der Waals surface area contributed by atoms with Crippen molar-refractivity contribution in [1.29, 1.82) is 0 Å². The highest BCUT2D eigenvalue weighted by Gasteiger charge is 2.22. The highest BCUT2D eigenvalue weighted by Crippen LogP contribution is 2.51. The Morgan fingerprint density at radius 2 is 0.873 bits per heavy atom. The topological polar surface area (TPSA) is 0 Å². The molecule has 1 heteroatoms. The summed E-state index contributed by atoms with van der Waals surface area (Å²) in [6.45, 7) is 0. The lowest BCUT2D eigenvalue weighted by Gasteiger charge is -2.19. The van der Waals surface area contributed by atoms with E-state index in [4.69, 9.17) is 5.48 Å². The molecule has 0 saturated heterocycles. The molecule has 0 saturated carbocycles. The van der Waals surface area contributed by atoms with Crippen molar-refractivity contribution in [2.75, 3.05) is 0 Å². The van der Waals surface area contributed by atoms with Crippen molar-refractivity contribution in [2.24, 2.45) is 0 Å². The fraction of sp³-hybridized carbons (Fsp3) is 0. The smallest absolute Gasteiger partial charge is 0.0629 e. The van der Waals surface area contributed by atoms with Crippen LogP contribution in [0.2, 0.25) is 0 Å². The standard InChI is InChI=1S/C54H34S/c1-2-16-36(17-3-1)54-53(49-27-10-11-30-50(49)55-54)52-47-25-8-6-23-45(47)51(46-24-7-9-26-48(46)52)40-21-13-19-38(34-40)37-18-12-20-39(33-37)42-28-14-29-43-41-22-5-4-15-35(41)31-32-44(42)43/h1-34H/i6D,7D,8D,9D,23D,24D,25D,26D. The highest BCUT2D eigenvalue weighted by molar-refractivity contribution is 7.23. The van der Waals surface area contributed by atoms with Crippen LogP contribution in [0.1, 0.15) is 11.0 Å². The number of hydrogen-bond acceptors (Lipinski definition) is 1. The van der Waals surface area contributed by atoms with Gasteiger partial charge in [0.2, 0.25) is 0 Å². The Morgan fingerprint density at radius 1 is 0.327 bits per heavy atom. The molecule has 11 rings (SSSR count). The van der Waals surface area contributed by atoms with Crippen molar-refractivity contribution in [2.45, 2.75) is 0 Å². The largest absolute Gasteiger partial charge is 0.135 e. The fourth-order valence-corrected chi connectivity index (χ4v) is 9.48. The van der Waals surface area contributed by atoms with Gasteiger partial charge in [-0.1, -0.05) is 188 Å². The van der Waals surface area contributed by atoms with E-state index in [1.54, 1.807) is 11.3 Å². The van der Waals surface area contributed by atoms with Crippen LogP contribution in [0.5, 0.6) is 0 Å². The van der Waals surface area contributed by atoms with E-state index in [-0.39, 0.29) is 45.7 Å². The Kier molecular flexibility index (Phi) is 5.77. The molecule has 0 spiro atoms. The molecule has 0 aliphatic carbocycles. The minimum Gasteiger partial charge on any atom is -0.135 e. The van der Waals surface area contributed by atoms with E-state index in [1.165, 1.54) is 16.2 Å². The number of thiophene rings is 1. The maximum Gasteiger partial charge on any atom is 0.0629 e. The SMILES string of the molecule is [2H]c1c([2H])c([2H])c2c(-c3c(-c4ccccc4)sc4ccccc34)c3c([2H])c([2H])c([2H])c([2H])c3c(-c3cccc(-c4cccc(-c5cccc6c5ccc5ccccc56)c4)c3)c2c1[2H]. The zero-order valence-corrected chi connectivity index (χ0v) is 30.2. The third kappa shape index (κ3) is 5.20. The lowest BCUT2D eigenvalue weighted by atomic mass is 9.84. The lowest BCUT2D eigenvalue weighted by molar-refractivity contribution is 1.60. The van der Waals surface area contributed by atoms with Crippen LogP contribution < -0.4 is 0 Å². The van der Waals surface area contributed by atoms with Gasteiger partial charge in [0.25, 0.3) is 0 Å². The van der Waals surface area contributed by atoms with Gasteiger partial charge in [0, 0.05) is 20.5 Å². The molecule has 10 aromatic carbocycles. The van der Waals surface area contributed by atoms with Crippen LogP contribution in [0.25, 0.3) is 108 Å². The Labute approximate surface area is 335 Å². The van der Waals surface area contributed by atoms with Crippen molar-refractivity contribution in [3.8, 4) is 54.9 Å². The molecule has 0 aliphatic rings. The van der Waals surface area contributed by atoms with Crippen molar-refractivity contribution in [3.05, 3.63) is 206 Å². The van der Waals surface area contributed by atoms with Gasteiger partial charge < -0.3 is 0 Å². The minimum absolute atomic E-state index is 0.191. The van der Waals surface area contributed by atoms with Crippen LogP contribution in [0, 0.1) is 0 Å². The highest BCUT2D eigenvalue weighted by atomic mass is 32.1. The number of rotatable bonds is 5. The first kappa shape index (κ1) is 24.5. The average Bonchev–Trinajstić information content (AvgIpc) is 3.72. The molecule has 0 atom stereocenters. The number of fused-ring (bicyclic) bond motifs is 6. The Balaban J connectivity index is 1.22. The second kappa shape index (κ2) is 13.0. The number of hydrogen-bond donors (Lipinski definition) is 0. The van der Waals surface area contributed by atoms with Gasteiger partial charge in [-0.25, -0.2) is 0 Å². The van der Waals surface area contributed by atoms with Crippen molar-refractivity contribution in [3.63, 3.8) is 0 Å². The summed E-state index contributed by atoms with van der Waals surface area (Å²) in [5.41, 5.74) is 6.64. The Morgan fingerprint density at radius 3 is 1.62 bits per heavy atom. The molecule has 0 bridgehead atoms. The van der Waals surface area contributed by atoms with Crippen LogP contribution in [0.3, 0.4) is 0 Å². The monoisotopic (exact) mass is 722 g/mol. The summed E-state index contributed by atoms with van der Waals surface area (Å²) in [6, 6.07) is 49.9. The molecule has 0 radical (unpaired) electrons. The van der Waals surface area contributed by atoms with Gasteiger partial charge in [0.05, 0.1) is 11.0 Å². The zero-order valence-electron chi connectivity index (χ0n) is 37.4. The molecule has 0 amide bonds. The van der Waals surface area contributed by atoms with Gasteiger partial charge in [0.1, 0.15) is 0 Å². The third-order valence-electron chi connectivity index (χ3n) is 10.7. The quantitative estimate of drug-likeness (QED) is 0.123. The average molecular weight is 723 g/mol. The van der Waals surface area contributed by atoms with E-state index in [0.717, 1.165) is 48.2 Å². The first-order valence-corrected chi connectivity index (χ1v) is 19.1. The van der Waals surface area contributed by atoms with Gasteiger partial charge in [0.15, 0.2) is 0 Å². The Hall–Kier alpha value is -6.80. The van der Waals surface area contributed by atoms with Crippen LogP contribution >= 0.6 is 11.3 Å². The maximum atomic E-state index is 9.61. The maximum absolute atomic E-state index is 9.61. The summed E-state index contributed by atoms with van der Waals surface area (Å²) in [7, 11) is 0. The van der Waals surface area contributed by atoms with Crippen LogP contribution in [0.15, 0.2) is 206 Å². The summed E-state index contributed by atoms with van der Waals surface area (Å²) < 4.78 is 75.4. The van der Waals surface area contributed by atoms with Crippen molar-refractivity contribution >= 4 is 64.5 Å². The molecule has 0 nitrogen and oxygen atoms in total. The molecule has 0 unspecified atom stereocenters. The second-order valence-corrected chi connectivity index (χ2v) is 14.8. The van der Waals surface area contributed by atoms with E-state index in [2.05, 4.69) is 60.7 Å². The summed E-state index contributed by atoms with van der Waals surface area (Å²) in [6.07, 6.45) is 0. The Bertz CT molecular complexity index is 3640. The summed E-state index contributed by atoms with van der Waals surface area (Å²) in [4.78, 5) is 0.827. The van der Waals surface area contributed by atoms with E-state index in [0.29, 0.717) is 22.3 Å². The zero-order chi connectivity index (χ0) is 43.3. The predicted octanol–water partition coefficient (Wildman–Crippen LogP) is 15.8. The molecule has 0 aliphatic heterocycles. The molecular formula is C54H34S. The first-order chi connectivity index (χ1) is 30.6. The third-order valence-corrected chi connectivity index (χ3v) is 11.9. The second-order valence-electron chi connectivity index (χ2n) is 13.8. The van der Waals surface area contributed by atoms with Crippen molar-refractivity contribution < 1.29 is 11.0 Å². The van der Waals surface area contributed by atoms with Gasteiger partial charge in [-0.2, -0.15) is 0 Å². The minimum atomic E-state index is -0.426. The number of benzene rings is 10. The van der Waals surface area contributed by atoms with Crippen molar-refractivity contribution in [1.82, 2.24) is 0 Å². The molecule has 0 fully saturated rings. The fourth-order valence-electron chi connectivity index (χ4n) is 8.26. The van der Waals surface area contributed by atoms with Gasteiger partial charge in [-0.05, 0) is 106 Å². The summed E-state index contributed by atoms with van der Waals surface area (Å²) in [5, 5.41) is 6.26. The molecule has 256 valence electrons. The van der Waals surface area contributed by atoms with Crippen LogP contribution in [-0.4, -0.2) is 0 Å². The van der Waals surface area contributed by atoms with E-state index in [1.807, 2.05) is 97.1 Å². The van der Waals surface area contributed by atoms with Gasteiger partial charge in [-0.3, -0.25) is 0 Å². The molecule has 55 heavy (non-hydrogen) atoms. The van der Waals surface area contributed by atoms with Crippen LogP contribution in [-0.2, 0) is 0 Å².